The number of carbonyl (C=O) groups excluding carboxylic acids is 1. The summed E-state index contributed by atoms with van der Waals surface area (Å²) in [6, 6.07) is 10.4. The number of hydrogen-bond acceptors (Lipinski definition) is 1. The maximum Gasteiger partial charge on any atom is 0.158 e. The molecule has 2 aliphatic carbocycles. The molecule has 0 aliphatic heterocycles. The van der Waals surface area contributed by atoms with E-state index >= 15 is 0 Å². The quantitative estimate of drug-likeness (QED) is 0.699. The van der Waals surface area contributed by atoms with Crippen molar-refractivity contribution in [2.45, 2.75) is 33.1 Å². The minimum atomic E-state index is 0.0636. The summed E-state index contributed by atoms with van der Waals surface area (Å²) in [7, 11) is 0. The highest BCUT2D eigenvalue weighted by Crippen LogP contribution is 2.39. The molecule has 0 saturated heterocycles. The molecule has 0 bridgehead atoms. The lowest BCUT2D eigenvalue weighted by Crippen LogP contribution is -2.21. The van der Waals surface area contributed by atoms with E-state index in [1.807, 2.05) is 6.07 Å². The minimum Gasteiger partial charge on any atom is -0.295 e. The molecule has 0 radical (unpaired) electrons. The van der Waals surface area contributed by atoms with Gasteiger partial charge in [-0.2, -0.15) is 0 Å². The number of allylic oxidation sites excluding steroid dienone is 6. The fraction of sp³-hybridized carbons (Fsp3) is 0.350. The van der Waals surface area contributed by atoms with E-state index in [0.717, 1.165) is 24.8 Å². The van der Waals surface area contributed by atoms with Crippen molar-refractivity contribution in [2.75, 3.05) is 0 Å². The van der Waals surface area contributed by atoms with Crippen molar-refractivity contribution in [1.29, 1.82) is 0 Å². The van der Waals surface area contributed by atoms with Gasteiger partial charge in [0.15, 0.2) is 5.78 Å². The molecule has 1 fully saturated rings. The fourth-order valence-corrected chi connectivity index (χ4v) is 3.10. The molecule has 0 heterocycles. The van der Waals surface area contributed by atoms with Crippen LogP contribution in [0.15, 0.2) is 60.2 Å². The second kappa shape index (κ2) is 5.48. The van der Waals surface area contributed by atoms with Gasteiger partial charge in [0.2, 0.25) is 0 Å². The lowest BCUT2D eigenvalue weighted by molar-refractivity contribution is -0.114. The van der Waals surface area contributed by atoms with Crippen molar-refractivity contribution < 1.29 is 4.79 Å². The Hall–Kier alpha value is -1.89. The maximum absolute atomic E-state index is 11.9. The van der Waals surface area contributed by atoms with Crippen molar-refractivity contribution in [3.05, 3.63) is 65.8 Å². The molecular formula is C20H22O. The van der Waals surface area contributed by atoms with Crippen molar-refractivity contribution in [1.82, 2.24) is 0 Å². The number of hydrogen-bond donors (Lipinski definition) is 0. The SMILES string of the molecule is CC1(C)C=CC(c2ccccc2)=CC1C=C1CCCC1=O. The van der Waals surface area contributed by atoms with Gasteiger partial charge in [-0.3, -0.25) is 4.79 Å². The van der Waals surface area contributed by atoms with Gasteiger partial charge < -0.3 is 0 Å². The van der Waals surface area contributed by atoms with E-state index in [1.54, 1.807) is 0 Å². The van der Waals surface area contributed by atoms with Gasteiger partial charge in [0.25, 0.3) is 0 Å². The van der Waals surface area contributed by atoms with Gasteiger partial charge in [-0.1, -0.05) is 68.5 Å². The largest absolute Gasteiger partial charge is 0.295 e. The molecular weight excluding hydrogens is 256 g/mol. The van der Waals surface area contributed by atoms with Crippen LogP contribution in [0.1, 0.15) is 38.7 Å². The normalized spacial score (nSPS) is 26.2. The smallest absolute Gasteiger partial charge is 0.158 e. The van der Waals surface area contributed by atoms with Crippen LogP contribution in [0.25, 0.3) is 5.57 Å². The van der Waals surface area contributed by atoms with Crippen molar-refractivity contribution in [2.24, 2.45) is 11.3 Å². The predicted octanol–water partition coefficient (Wildman–Crippen LogP) is 4.96. The highest BCUT2D eigenvalue weighted by Gasteiger charge is 2.29. The van der Waals surface area contributed by atoms with E-state index in [1.165, 1.54) is 11.1 Å². The van der Waals surface area contributed by atoms with Gasteiger partial charge in [-0.15, -0.1) is 0 Å². The van der Waals surface area contributed by atoms with E-state index in [2.05, 4.69) is 62.4 Å². The van der Waals surface area contributed by atoms with Crippen LogP contribution in [0.4, 0.5) is 0 Å². The van der Waals surface area contributed by atoms with E-state index in [4.69, 9.17) is 0 Å². The van der Waals surface area contributed by atoms with Crippen LogP contribution in [-0.4, -0.2) is 5.78 Å². The Kier molecular flexibility index (Phi) is 3.67. The topological polar surface area (TPSA) is 17.1 Å². The molecule has 0 amide bonds. The molecule has 1 heteroatoms. The van der Waals surface area contributed by atoms with Gasteiger partial charge in [-0.05, 0) is 35.0 Å². The van der Waals surface area contributed by atoms with Crippen LogP contribution in [0.5, 0.6) is 0 Å². The molecule has 108 valence electrons. The highest BCUT2D eigenvalue weighted by molar-refractivity contribution is 5.97. The second-order valence-corrected chi connectivity index (χ2v) is 6.64. The Balaban J connectivity index is 1.95. The number of benzene rings is 1. The summed E-state index contributed by atoms with van der Waals surface area (Å²) < 4.78 is 0. The molecule has 21 heavy (non-hydrogen) atoms. The van der Waals surface area contributed by atoms with Gasteiger partial charge in [0.05, 0.1) is 0 Å². The molecule has 1 atom stereocenters. The molecule has 1 nitrogen and oxygen atoms in total. The molecule has 1 aromatic rings. The highest BCUT2D eigenvalue weighted by atomic mass is 16.1. The molecule has 0 spiro atoms. The third-order valence-corrected chi connectivity index (χ3v) is 4.61. The average molecular weight is 278 g/mol. The van der Waals surface area contributed by atoms with Crippen LogP contribution in [-0.2, 0) is 4.79 Å². The van der Waals surface area contributed by atoms with Crippen LogP contribution >= 0.6 is 0 Å². The fourth-order valence-electron chi connectivity index (χ4n) is 3.10. The van der Waals surface area contributed by atoms with Crippen molar-refractivity contribution in [3.63, 3.8) is 0 Å². The number of ketones is 1. The summed E-state index contributed by atoms with van der Waals surface area (Å²) >= 11 is 0. The summed E-state index contributed by atoms with van der Waals surface area (Å²) in [5, 5.41) is 0. The van der Waals surface area contributed by atoms with E-state index < -0.39 is 0 Å². The summed E-state index contributed by atoms with van der Waals surface area (Å²) in [4.78, 5) is 11.9. The van der Waals surface area contributed by atoms with Crippen LogP contribution in [0, 0.1) is 11.3 Å². The zero-order valence-corrected chi connectivity index (χ0v) is 12.8. The predicted molar refractivity (Wildman–Crippen MR) is 87.8 cm³/mol. The number of rotatable bonds is 2. The second-order valence-electron chi connectivity index (χ2n) is 6.64. The first-order valence-electron chi connectivity index (χ1n) is 7.77. The maximum atomic E-state index is 11.9. The molecule has 2 aliphatic rings. The Labute approximate surface area is 127 Å². The summed E-state index contributed by atoms with van der Waals surface area (Å²) in [6.07, 6.45) is 11.7. The van der Waals surface area contributed by atoms with Gasteiger partial charge in [0, 0.05) is 12.3 Å². The van der Waals surface area contributed by atoms with E-state index in [0.29, 0.717) is 5.78 Å². The summed E-state index contributed by atoms with van der Waals surface area (Å²) in [6.45, 7) is 4.48. The third-order valence-electron chi connectivity index (χ3n) is 4.61. The van der Waals surface area contributed by atoms with E-state index in [-0.39, 0.29) is 11.3 Å². The van der Waals surface area contributed by atoms with Crippen LogP contribution in [0.2, 0.25) is 0 Å². The lowest BCUT2D eigenvalue weighted by atomic mass is 9.73. The molecule has 1 saturated carbocycles. The molecule has 1 aromatic carbocycles. The molecule has 0 N–H and O–H groups in total. The third kappa shape index (κ3) is 2.92. The Morgan fingerprint density at radius 2 is 1.90 bits per heavy atom. The Morgan fingerprint density at radius 3 is 2.57 bits per heavy atom. The number of Topliss-reactive ketones (excluding diaryl/α,β-unsaturated/α-hetero) is 1. The van der Waals surface area contributed by atoms with E-state index in [9.17, 15) is 4.79 Å². The van der Waals surface area contributed by atoms with Gasteiger partial charge >= 0.3 is 0 Å². The zero-order valence-electron chi connectivity index (χ0n) is 12.8. The average Bonchev–Trinajstić information content (AvgIpc) is 2.87. The van der Waals surface area contributed by atoms with Crippen molar-refractivity contribution >= 4 is 11.4 Å². The molecule has 1 unspecified atom stereocenters. The first-order chi connectivity index (χ1) is 10.1. The lowest BCUT2D eigenvalue weighted by Gasteiger charge is -2.31. The molecule has 0 aromatic heterocycles. The summed E-state index contributed by atoms with van der Waals surface area (Å²) in [5.41, 5.74) is 3.59. The van der Waals surface area contributed by atoms with Gasteiger partial charge in [0.1, 0.15) is 0 Å². The van der Waals surface area contributed by atoms with Crippen LogP contribution in [0.3, 0.4) is 0 Å². The first kappa shape index (κ1) is 14.1. The zero-order chi connectivity index (χ0) is 14.9. The van der Waals surface area contributed by atoms with Gasteiger partial charge in [-0.25, -0.2) is 0 Å². The van der Waals surface area contributed by atoms with Crippen molar-refractivity contribution in [3.8, 4) is 0 Å². The summed E-state index contributed by atoms with van der Waals surface area (Å²) in [5.74, 6) is 0.629. The Bertz CT molecular complexity index is 629. The Morgan fingerprint density at radius 1 is 1.14 bits per heavy atom. The number of carbonyl (C=O) groups is 1. The minimum absolute atomic E-state index is 0.0636. The first-order valence-corrected chi connectivity index (χ1v) is 7.77. The monoisotopic (exact) mass is 278 g/mol. The van der Waals surface area contributed by atoms with Crippen LogP contribution < -0.4 is 0 Å². The molecule has 3 rings (SSSR count). The standard InChI is InChI=1S/C20H22O/c1-20(2)12-11-16(15-7-4-3-5-8-15)13-18(20)14-17-9-6-10-19(17)21/h3-5,7-8,11-14,18H,6,9-10H2,1-2H3.